The van der Waals surface area contributed by atoms with Crippen LogP contribution in [0, 0.1) is 5.41 Å². The van der Waals surface area contributed by atoms with Gasteiger partial charge >= 0.3 is 0 Å². The van der Waals surface area contributed by atoms with Gasteiger partial charge in [-0.1, -0.05) is 65.8 Å². The Morgan fingerprint density at radius 2 is 1.68 bits per heavy atom. The van der Waals surface area contributed by atoms with Crippen LogP contribution in [0.15, 0.2) is 75.1 Å². The first-order chi connectivity index (χ1) is 10.7. The lowest BCUT2D eigenvalue weighted by molar-refractivity contribution is 1.26. The molecule has 0 saturated heterocycles. The van der Waals surface area contributed by atoms with Crippen LogP contribution in [-0.2, 0) is 0 Å². The molecule has 0 amide bonds. The first-order valence-electron chi connectivity index (χ1n) is 6.62. The summed E-state index contributed by atoms with van der Waals surface area (Å²) < 4.78 is 0. The number of hydrogen-bond donors (Lipinski definition) is 1. The standard InChI is InChI=1S/C17H12ClN3S/c18-14-8-6-12(7-9-14)10-16-17(19)21-20-15(11-22-16)13-4-2-1-3-5-13/h1-11,19H. The molecule has 0 unspecified atom stereocenters. The Morgan fingerprint density at radius 1 is 0.955 bits per heavy atom. The molecule has 0 radical (unpaired) electrons. The van der Waals surface area contributed by atoms with Gasteiger partial charge < -0.3 is 0 Å². The van der Waals surface area contributed by atoms with E-state index in [1.54, 1.807) is 0 Å². The molecule has 1 aliphatic heterocycles. The highest BCUT2D eigenvalue weighted by Gasteiger charge is 2.11. The molecule has 0 aliphatic carbocycles. The Morgan fingerprint density at radius 3 is 2.41 bits per heavy atom. The van der Waals surface area contributed by atoms with E-state index in [1.807, 2.05) is 66.1 Å². The minimum Gasteiger partial charge on any atom is -0.280 e. The number of halogens is 1. The maximum Gasteiger partial charge on any atom is 0.181 e. The van der Waals surface area contributed by atoms with Gasteiger partial charge in [-0.15, -0.1) is 10.2 Å². The summed E-state index contributed by atoms with van der Waals surface area (Å²) in [7, 11) is 0. The van der Waals surface area contributed by atoms with Crippen molar-refractivity contribution >= 4 is 41.0 Å². The molecule has 5 heteroatoms. The van der Waals surface area contributed by atoms with Crippen LogP contribution in [0.5, 0.6) is 0 Å². The second-order valence-electron chi connectivity index (χ2n) is 4.60. The lowest BCUT2D eigenvalue weighted by Crippen LogP contribution is -1.91. The van der Waals surface area contributed by atoms with Crippen molar-refractivity contribution in [2.24, 2.45) is 10.2 Å². The number of benzene rings is 2. The molecule has 108 valence electrons. The van der Waals surface area contributed by atoms with Gasteiger partial charge in [-0.3, -0.25) is 5.41 Å². The average Bonchev–Trinajstić information content (AvgIpc) is 2.73. The van der Waals surface area contributed by atoms with Gasteiger partial charge in [0.2, 0.25) is 0 Å². The monoisotopic (exact) mass is 325 g/mol. The number of rotatable bonds is 2. The highest BCUT2D eigenvalue weighted by molar-refractivity contribution is 8.07. The van der Waals surface area contributed by atoms with Gasteiger partial charge in [-0.25, -0.2) is 0 Å². The minimum absolute atomic E-state index is 0.155. The van der Waals surface area contributed by atoms with Crippen molar-refractivity contribution in [1.82, 2.24) is 0 Å². The summed E-state index contributed by atoms with van der Waals surface area (Å²) in [6.07, 6.45) is 1.91. The Hall–Kier alpha value is -2.17. The van der Waals surface area contributed by atoms with Crippen molar-refractivity contribution in [1.29, 1.82) is 5.41 Å². The topological polar surface area (TPSA) is 48.6 Å². The maximum absolute atomic E-state index is 8.02. The summed E-state index contributed by atoms with van der Waals surface area (Å²) in [4.78, 5) is 0.747. The van der Waals surface area contributed by atoms with Crippen LogP contribution >= 0.6 is 23.4 Å². The first-order valence-corrected chi connectivity index (χ1v) is 7.88. The summed E-state index contributed by atoms with van der Waals surface area (Å²) in [5.41, 5.74) is 2.72. The smallest absolute Gasteiger partial charge is 0.181 e. The van der Waals surface area contributed by atoms with Crippen molar-refractivity contribution < 1.29 is 0 Å². The number of azo groups is 1. The molecule has 2 aromatic rings. The Balaban J connectivity index is 1.89. The summed E-state index contributed by atoms with van der Waals surface area (Å²) in [5, 5.41) is 18.8. The zero-order chi connectivity index (χ0) is 15.4. The fraction of sp³-hybridized carbons (Fsp3) is 0. The molecule has 3 nitrogen and oxygen atoms in total. The van der Waals surface area contributed by atoms with Crippen molar-refractivity contribution in [3.05, 3.63) is 81.1 Å². The van der Waals surface area contributed by atoms with Crippen molar-refractivity contribution in [3.63, 3.8) is 0 Å². The van der Waals surface area contributed by atoms with Crippen LogP contribution in [0.25, 0.3) is 11.8 Å². The molecular weight excluding hydrogens is 314 g/mol. The van der Waals surface area contributed by atoms with Crippen molar-refractivity contribution in [2.75, 3.05) is 0 Å². The highest BCUT2D eigenvalue weighted by Crippen LogP contribution is 2.31. The third-order valence-corrected chi connectivity index (χ3v) is 4.18. The van der Waals surface area contributed by atoms with E-state index >= 15 is 0 Å². The van der Waals surface area contributed by atoms with E-state index in [9.17, 15) is 0 Å². The molecule has 1 N–H and O–H groups in total. The maximum atomic E-state index is 8.02. The lowest BCUT2D eigenvalue weighted by Gasteiger charge is -2.00. The third-order valence-electron chi connectivity index (χ3n) is 3.03. The fourth-order valence-corrected chi connectivity index (χ4v) is 2.80. The molecular formula is C17H12ClN3S. The predicted octanol–water partition coefficient (Wildman–Crippen LogP) is 5.86. The molecule has 0 spiro atoms. The number of nitrogens with one attached hydrogen (secondary N) is 1. The molecule has 0 bridgehead atoms. The predicted molar refractivity (Wildman–Crippen MR) is 94.0 cm³/mol. The molecule has 1 heterocycles. The third kappa shape index (κ3) is 3.53. The highest BCUT2D eigenvalue weighted by atomic mass is 35.5. The number of hydrogen-bond acceptors (Lipinski definition) is 3. The summed E-state index contributed by atoms with van der Waals surface area (Å²) in [5.74, 6) is 0.155. The zero-order valence-electron chi connectivity index (χ0n) is 11.5. The largest absolute Gasteiger partial charge is 0.280 e. The second-order valence-corrected chi connectivity index (χ2v) is 5.94. The molecule has 3 rings (SSSR count). The van der Waals surface area contributed by atoms with E-state index in [4.69, 9.17) is 17.0 Å². The van der Waals surface area contributed by atoms with E-state index in [-0.39, 0.29) is 5.84 Å². The van der Waals surface area contributed by atoms with Crippen molar-refractivity contribution in [2.45, 2.75) is 0 Å². The average molecular weight is 326 g/mol. The summed E-state index contributed by atoms with van der Waals surface area (Å²) in [6.45, 7) is 0. The molecule has 0 aromatic heterocycles. The van der Waals surface area contributed by atoms with Crippen LogP contribution in [-0.4, -0.2) is 5.84 Å². The summed E-state index contributed by atoms with van der Waals surface area (Å²) in [6, 6.07) is 17.3. The van der Waals surface area contributed by atoms with E-state index in [0.29, 0.717) is 5.02 Å². The van der Waals surface area contributed by atoms with E-state index in [2.05, 4.69) is 10.2 Å². The first kappa shape index (κ1) is 14.8. The van der Waals surface area contributed by atoms with E-state index in [0.717, 1.165) is 21.7 Å². The molecule has 22 heavy (non-hydrogen) atoms. The van der Waals surface area contributed by atoms with Crippen molar-refractivity contribution in [3.8, 4) is 0 Å². The van der Waals surface area contributed by atoms with Crippen LogP contribution < -0.4 is 0 Å². The van der Waals surface area contributed by atoms with Crippen LogP contribution in [0.2, 0.25) is 5.02 Å². The van der Waals surface area contributed by atoms with Crippen LogP contribution in [0.1, 0.15) is 11.1 Å². The van der Waals surface area contributed by atoms with Gasteiger partial charge in [-0.2, -0.15) is 0 Å². The molecule has 0 saturated carbocycles. The lowest BCUT2D eigenvalue weighted by atomic mass is 10.2. The van der Waals surface area contributed by atoms with Gasteiger partial charge in [0.05, 0.1) is 10.6 Å². The summed E-state index contributed by atoms with van der Waals surface area (Å²) >= 11 is 7.33. The number of nitrogens with zero attached hydrogens (tertiary/aromatic N) is 2. The van der Waals surface area contributed by atoms with Crippen LogP contribution in [0.3, 0.4) is 0 Å². The van der Waals surface area contributed by atoms with Gasteiger partial charge in [0, 0.05) is 16.0 Å². The number of amidine groups is 1. The molecule has 0 atom stereocenters. The Labute approximate surface area is 137 Å². The fourth-order valence-electron chi connectivity index (χ4n) is 1.90. The van der Waals surface area contributed by atoms with Gasteiger partial charge in [-0.05, 0) is 23.8 Å². The zero-order valence-corrected chi connectivity index (χ0v) is 13.1. The van der Waals surface area contributed by atoms with Crippen LogP contribution in [0.4, 0.5) is 0 Å². The Bertz CT molecular complexity index is 777. The van der Waals surface area contributed by atoms with E-state index < -0.39 is 0 Å². The van der Waals surface area contributed by atoms with Gasteiger partial charge in [0.25, 0.3) is 0 Å². The molecule has 1 aliphatic rings. The van der Waals surface area contributed by atoms with Gasteiger partial charge in [0.15, 0.2) is 5.84 Å². The minimum atomic E-state index is 0.155. The second kappa shape index (κ2) is 6.73. The van der Waals surface area contributed by atoms with E-state index in [1.165, 1.54) is 11.8 Å². The normalized spacial score (nSPS) is 16.5. The molecule has 2 aromatic carbocycles. The molecule has 0 fully saturated rings. The van der Waals surface area contributed by atoms with Gasteiger partial charge in [0.1, 0.15) is 0 Å². The SMILES string of the molecule is N=C1N=NC(c2ccccc2)=CSC1=Cc1ccc(Cl)cc1. The quantitative estimate of drug-likeness (QED) is 0.739. The number of thioether (sulfide) groups is 1. The Kier molecular flexibility index (Phi) is 4.51.